The van der Waals surface area contributed by atoms with Crippen LogP contribution in [-0.2, 0) is 4.79 Å². The topological polar surface area (TPSA) is 37.3 Å². The van der Waals surface area contributed by atoms with Gasteiger partial charge in [-0.05, 0) is 37.0 Å². The van der Waals surface area contributed by atoms with Crippen molar-refractivity contribution in [3.05, 3.63) is 0 Å². The van der Waals surface area contributed by atoms with E-state index in [1.54, 1.807) is 0 Å². The highest BCUT2D eigenvalue weighted by atomic mass is 16.3. The number of ketones is 1. The number of carbonyl (C=O) groups is 1. The lowest BCUT2D eigenvalue weighted by atomic mass is 9.56. The van der Waals surface area contributed by atoms with E-state index in [1.807, 2.05) is 0 Å². The summed E-state index contributed by atoms with van der Waals surface area (Å²) in [4.78, 5) is 11.6. The Balaban J connectivity index is 1.85. The molecule has 0 aliphatic heterocycles. The third-order valence-corrected chi connectivity index (χ3v) is 4.87. The zero-order chi connectivity index (χ0) is 10.5. The molecule has 1 N–H and O–H groups in total. The molecule has 0 aromatic rings. The first-order chi connectivity index (χ1) is 7.16. The van der Waals surface area contributed by atoms with Gasteiger partial charge in [-0.1, -0.05) is 19.3 Å². The highest BCUT2D eigenvalue weighted by Gasteiger charge is 2.49. The molecule has 3 aliphatic rings. The van der Waals surface area contributed by atoms with Crippen molar-refractivity contribution in [1.29, 1.82) is 0 Å². The minimum atomic E-state index is -0.613. The molecule has 0 heterocycles. The molecule has 0 amide bonds. The maximum atomic E-state index is 11.6. The second-order valence-electron chi connectivity index (χ2n) is 6.02. The van der Waals surface area contributed by atoms with Gasteiger partial charge in [0.2, 0.25) is 0 Å². The Morgan fingerprint density at radius 3 is 2.73 bits per heavy atom. The van der Waals surface area contributed by atoms with Crippen LogP contribution in [0.1, 0.15) is 51.4 Å². The van der Waals surface area contributed by atoms with Gasteiger partial charge in [-0.3, -0.25) is 4.79 Å². The minimum Gasteiger partial charge on any atom is -0.389 e. The fraction of sp³-hybridized carbons (Fsp3) is 0.923. The van der Waals surface area contributed by atoms with E-state index in [-0.39, 0.29) is 0 Å². The summed E-state index contributed by atoms with van der Waals surface area (Å²) >= 11 is 0. The van der Waals surface area contributed by atoms with E-state index in [0.29, 0.717) is 18.1 Å². The number of hydrogen-bond donors (Lipinski definition) is 1. The molecule has 3 rings (SSSR count). The number of hydrogen-bond acceptors (Lipinski definition) is 2. The van der Waals surface area contributed by atoms with E-state index in [2.05, 4.69) is 0 Å². The van der Waals surface area contributed by atoms with Gasteiger partial charge < -0.3 is 5.11 Å². The molecule has 2 bridgehead atoms. The van der Waals surface area contributed by atoms with E-state index < -0.39 is 5.60 Å². The minimum absolute atomic E-state index is 0.303. The normalized spacial score (nSPS) is 49.9. The molecular weight excluding hydrogens is 188 g/mol. The molecule has 2 heteroatoms. The summed E-state index contributed by atoms with van der Waals surface area (Å²) in [5.74, 6) is 2.28. The molecule has 4 atom stereocenters. The van der Waals surface area contributed by atoms with E-state index in [9.17, 15) is 9.90 Å². The van der Waals surface area contributed by atoms with Crippen molar-refractivity contribution in [1.82, 2.24) is 0 Å². The fourth-order valence-corrected chi connectivity index (χ4v) is 4.42. The van der Waals surface area contributed by atoms with Crippen LogP contribution in [0.5, 0.6) is 0 Å². The van der Waals surface area contributed by atoms with Gasteiger partial charge in [-0.25, -0.2) is 0 Å². The lowest BCUT2D eigenvalue weighted by Crippen LogP contribution is -2.50. The molecule has 3 saturated carbocycles. The first kappa shape index (κ1) is 9.83. The van der Waals surface area contributed by atoms with Gasteiger partial charge in [0.05, 0.1) is 5.60 Å². The molecule has 3 fully saturated rings. The molecule has 0 aromatic carbocycles. The summed E-state index contributed by atoms with van der Waals surface area (Å²) in [5.41, 5.74) is -0.613. The van der Waals surface area contributed by atoms with Crippen molar-refractivity contribution < 1.29 is 9.90 Å². The Bertz CT molecular complexity index is 286. The largest absolute Gasteiger partial charge is 0.389 e. The van der Waals surface area contributed by atoms with Crippen LogP contribution in [0.3, 0.4) is 0 Å². The molecule has 84 valence electrons. The summed E-state index contributed by atoms with van der Waals surface area (Å²) in [6.45, 7) is 0. The van der Waals surface area contributed by atoms with Crippen molar-refractivity contribution >= 4 is 5.78 Å². The van der Waals surface area contributed by atoms with Crippen molar-refractivity contribution in [2.24, 2.45) is 17.8 Å². The summed E-state index contributed by atoms with van der Waals surface area (Å²) in [6, 6.07) is 0. The molecule has 2 nitrogen and oxygen atoms in total. The molecule has 2 unspecified atom stereocenters. The highest BCUT2D eigenvalue weighted by Crippen LogP contribution is 2.52. The van der Waals surface area contributed by atoms with Crippen LogP contribution in [0, 0.1) is 17.8 Å². The van der Waals surface area contributed by atoms with Crippen LogP contribution < -0.4 is 0 Å². The molecule has 15 heavy (non-hydrogen) atoms. The Morgan fingerprint density at radius 1 is 1.13 bits per heavy atom. The number of fused-ring (bicyclic) bond motifs is 4. The average Bonchev–Trinajstić information content (AvgIpc) is 2.15. The molecule has 3 aliphatic carbocycles. The summed E-state index contributed by atoms with van der Waals surface area (Å²) in [6.07, 6.45) is 8.26. The zero-order valence-corrected chi connectivity index (χ0v) is 9.24. The number of carbonyl (C=O) groups excluding carboxylic acids is 1. The molecule has 0 radical (unpaired) electrons. The Morgan fingerprint density at radius 2 is 1.87 bits per heavy atom. The maximum Gasteiger partial charge on any atom is 0.136 e. The van der Waals surface area contributed by atoms with Crippen molar-refractivity contribution in [3.8, 4) is 0 Å². The number of rotatable bonds is 0. The predicted octanol–water partition coefficient (Wildman–Crippen LogP) is 2.30. The van der Waals surface area contributed by atoms with Gasteiger partial charge >= 0.3 is 0 Å². The van der Waals surface area contributed by atoms with Crippen molar-refractivity contribution in [2.75, 3.05) is 0 Å². The molecule has 0 spiro atoms. The van der Waals surface area contributed by atoms with Gasteiger partial charge in [-0.2, -0.15) is 0 Å². The van der Waals surface area contributed by atoms with E-state index in [1.165, 1.54) is 25.7 Å². The first-order valence-electron chi connectivity index (χ1n) is 6.40. The predicted molar refractivity (Wildman–Crippen MR) is 57.4 cm³/mol. The number of aliphatic hydroxyl groups is 1. The Hall–Kier alpha value is -0.370. The lowest BCUT2D eigenvalue weighted by Gasteiger charge is -2.51. The van der Waals surface area contributed by atoms with Gasteiger partial charge in [0, 0.05) is 12.8 Å². The van der Waals surface area contributed by atoms with Crippen LogP contribution in [0.4, 0.5) is 0 Å². The summed E-state index contributed by atoms with van der Waals surface area (Å²) < 4.78 is 0. The van der Waals surface area contributed by atoms with Crippen LogP contribution in [0.2, 0.25) is 0 Å². The van der Waals surface area contributed by atoms with Crippen LogP contribution in [0.25, 0.3) is 0 Å². The van der Waals surface area contributed by atoms with Gasteiger partial charge in [0.15, 0.2) is 0 Å². The van der Waals surface area contributed by atoms with Crippen molar-refractivity contribution in [2.45, 2.75) is 57.0 Å². The van der Waals surface area contributed by atoms with Gasteiger partial charge in [-0.15, -0.1) is 0 Å². The van der Waals surface area contributed by atoms with Crippen LogP contribution >= 0.6 is 0 Å². The third-order valence-electron chi connectivity index (χ3n) is 4.87. The second-order valence-corrected chi connectivity index (χ2v) is 6.02. The Kier molecular flexibility index (Phi) is 2.17. The lowest BCUT2D eigenvalue weighted by molar-refractivity contribution is -0.144. The van der Waals surface area contributed by atoms with Crippen molar-refractivity contribution in [3.63, 3.8) is 0 Å². The standard InChI is InChI=1S/C13H20O2/c14-11-5-10-7-13(15,8-11)6-9-3-1-2-4-12(9)10/h9-10,12,15H,1-8H2/t9?,10-,12?,13+/m0/s1. The third kappa shape index (κ3) is 1.63. The smallest absolute Gasteiger partial charge is 0.136 e. The summed E-state index contributed by atoms with van der Waals surface area (Å²) in [5, 5.41) is 10.4. The quantitative estimate of drug-likeness (QED) is 0.663. The van der Waals surface area contributed by atoms with E-state index >= 15 is 0 Å². The zero-order valence-electron chi connectivity index (χ0n) is 9.24. The van der Waals surface area contributed by atoms with Crippen LogP contribution in [-0.4, -0.2) is 16.5 Å². The molecule has 0 saturated heterocycles. The summed E-state index contributed by atoms with van der Waals surface area (Å²) in [7, 11) is 0. The highest BCUT2D eigenvalue weighted by molar-refractivity contribution is 5.80. The molecule has 0 aromatic heterocycles. The molecular formula is C13H20O2. The fourth-order valence-electron chi connectivity index (χ4n) is 4.42. The van der Waals surface area contributed by atoms with Gasteiger partial charge in [0.1, 0.15) is 5.78 Å². The second kappa shape index (κ2) is 3.31. The Labute approximate surface area is 91.1 Å². The number of Topliss-reactive ketones (excluding diaryl/α,β-unsaturated/α-hetero) is 1. The monoisotopic (exact) mass is 208 g/mol. The SMILES string of the molecule is O=C1C[C@H]2C[C@@](O)(C1)CC1CCCCC12. The van der Waals surface area contributed by atoms with E-state index in [0.717, 1.165) is 31.1 Å². The first-order valence-corrected chi connectivity index (χ1v) is 6.40. The maximum absolute atomic E-state index is 11.6. The van der Waals surface area contributed by atoms with Gasteiger partial charge in [0.25, 0.3) is 0 Å². The average molecular weight is 208 g/mol. The van der Waals surface area contributed by atoms with Crippen LogP contribution in [0.15, 0.2) is 0 Å². The van der Waals surface area contributed by atoms with E-state index in [4.69, 9.17) is 0 Å².